The standard InChI is InChI=1S/C10H11BrFNO2/c1-10(4-13-5-10)15-8-3-6(11)2-7(12)9(8)14/h2-3,13-14H,4-5H2,1H3. The Hall–Kier alpha value is -0.810. The lowest BCUT2D eigenvalue weighted by atomic mass is 10.00. The summed E-state index contributed by atoms with van der Waals surface area (Å²) in [5.74, 6) is -0.951. The minimum absolute atomic E-state index is 0.172. The van der Waals surface area contributed by atoms with Crippen LogP contribution in [-0.4, -0.2) is 23.8 Å². The molecule has 0 saturated carbocycles. The van der Waals surface area contributed by atoms with E-state index in [4.69, 9.17) is 4.74 Å². The highest BCUT2D eigenvalue weighted by Crippen LogP contribution is 2.35. The molecule has 5 heteroatoms. The lowest BCUT2D eigenvalue weighted by molar-refractivity contribution is 0.0318. The van der Waals surface area contributed by atoms with Gasteiger partial charge < -0.3 is 15.2 Å². The fraction of sp³-hybridized carbons (Fsp3) is 0.400. The van der Waals surface area contributed by atoms with Crippen LogP contribution in [0.5, 0.6) is 11.5 Å². The molecule has 2 N–H and O–H groups in total. The second kappa shape index (κ2) is 3.64. The van der Waals surface area contributed by atoms with Crippen molar-refractivity contribution < 1.29 is 14.2 Å². The van der Waals surface area contributed by atoms with E-state index in [1.165, 1.54) is 6.07 Å². The molecule has 0 atom stereocenters. The summed E-state index contributed by atoms with van der Waals surface area (Å²) in [7, 11) is 0. The summed E-state index contributed by atoms with van der Waals surface area (Å²) in [6, 6.07) is 2.76. The van der Waals surface area contributed by atoms with Gasteiger partial charge in [0.25, 0.3) is 0 Å². The van der Waals surface area contributed by atoms with E-state index >= 15 is 0 Å². The molecule has 1 saturated heterocycles. The van der Waals surface area contributed by atoms with Crippen LogP contribution in [-0.2, 0) is 0 Å². The average molecular weight is 276 g/mol. The molecule has 1 aromatic rings. The zero-order valence-electron chi connectivity index (χ0n) is 8.18. The fourth-order valence-corrected chi connectivity index (χ4v) is 1.84. The van der Waals surface area contributed by atoms with Crippen molar-refractivity contribution in [3.05, 3.63) is 22.4 Å². The number of aromatic hydroxyl groups is 1. The second-order valence-electron chi connectivity index (χ2n) is 3.89. The first kappa shape index (κ1) is 10.7. The van der Waals surface area contributed by atoms with E-state index in [0.717, 1.165) is 0 Å². The molecule has 1 aromatic carbocycles. The van der Waals surface area contributed by atoms with Crippen molar-refractivity contribution in [2.24, 2.45) is 0 Å². The highest BCUT2D eigenvalue weighted by atomic mass is 79.9. The van der Waals surface area contributed by atoms with Crippen molar-refractivity contribution in [2.45, 2.75) is 12.5 Å². The van der Waals surface area contributed by atoms with E-state index in [9.17, 15) is 9.50 Å². The largest absolute Gasteiger partial charge is 0.502 e. The topological polar surface area (TPSA) is 41.5 Å². The zero-order chi connectivity index (χ0) is 11.1. The third kappa shape index (κ3) is 2.08. The van der Waals surface area contributed by atoms with E-state index < -0.39 is 11.6 Å². The number of benzene rings is 1. The van der Waals surface area contributed by atoms with Crippen molar-refractivity contribution in [1.82, 2.24) is 5.32 Å². The fourth-order valence-electron chi connectivity index (χ4n) is 1.43. The van der Waals surface area contributed by atoms with Gasteiger partial charge in [-0.2, -0.15) is 0 Å². The van der Waals surface area contributed by atoms with Crippen LogP contribution in [0.3, 0.4) is 0 Å². The van der Waals surface area contributed by atoms with Gasteiger partial charge in [0, 0.05) is 17.6 Å². The molecular formula is C10H11BrFNO2. The molecule has 1 aliphatic heterocycles. The molecule has 82 valence electrons. The van der Waals surface area contributed by atoms with Crippen LogP contribution in [0.4, 0.5) is 4.39 Å². The molecule has 0 unspecified atom stereocenters. The smallest absolute Gasteiger partial charge is 0.194 e. The minimum Gasteiger partial charge on any atom is -0.502 e. The Bertz CT molecular complexity index is 393. The van der Waals surface area contributed by atoms with Crippen LogP contribution in [0.15, 0.2) is 16.6 Å². The molecule has 0 aromatic heterocycles. The Kier molecular flexibility index (Phi) is 2.60. The van der Waals surface area contributed by atoms with E-state index in [-0.39, 0.29) is 11.4 Å². The molecule has 0 aliphatic carbocycles. The van der Waals surface area contributed by atoms with Crippen LogP contribution in [0.2, 0.25) is 0 Å². The predicted octanol–water partition coefficient (Wildman–Crippen LogP) is 2.03. The SMILES string of the molecule is CC1(Oc2cc(Br)cc(F)c2O)CNC1. The van der Waals surface area contributed by atoms with Crippen molar-refractivity contribution in [3.8, 4) is 11.5 Å². The lowest BCUT2D eigenvalue weighted by Gasteiger charge is -2.39. The number of phenolic OH excluding ortho intramolecular Hbond substituents is 1. The first-order valence-electron chi connectivity index (χ1n) is 4.58. The van der Waals surface area contributed by atoms with Gasteiger partial charge in [0.2, 0.25) is 0 Å². The Labute approximate surface area is 95.4 Å². The highest BCUT2D eigenvalue weighted by molar-refractivity contribution is 9.10. The van der Waals surface area contributed by atoms with Crippen molar-refractivity contribution in [3.63, 3.8) is 0 Å². The van der Waals surface area contributed by atoms with Gasteiger partial charge in [0.15, 0.2) is 17.3 Å². The van der Waals surface area contributed by atoms with Crippen molar-refractivity contribution in [1.29, 1.82) is 0 Å². The van der Waals surface area contributed by atoms with Crippen LogP contribution in [0.1, 0.15) is 6.92 Å². The Balaban J connectivity index is 2.27. The molecule has 3 nitrogen and oxygen atoms in total. The van der Waals surface area contributed by atoms with E-state index in [0.29, 0.717) is 17.6 Å². The normalized spacial score (nSPS) is 18.3. The van der Waals surface area contributed by atoms with Gasteiger partial charge >= 0.3 is 0 Å². The minimum atomic E-state index is -0.685. The van der Waals surface area contributed by atoms with Crippen LogP contribution >= 0.6 is 15.9 Å². The molecule has 0 bridgehead atoms. The monoisotopic (exact) mass is 275 g/mol. The zero-order valence-corrected chi connectivity index (χ0v) is 9.77. The molecule has 0 spiro atoms. The summed E-state index contributed by atoms with van der Waals surface area (Å²) >= 11 is 3.15. The lowest BCUT2D eigenvalue weighted by Crippen LogP contribution is -2.61. The molecule has 1 aliphatic rings. The summed E-state index contributed by atoms with van der Waals surface area (Å²) < 4.78 is 19.3. The van der Waals surface area contributed by atoms with Crippen LogP contribution in [0.25, 0.3) is 0 Å². The number of hydrogen-bond acceptors (Lipinski definition) is 3. The van der Waals surface area contributed by atoms with Gasteiger partial charge in [-0.25, -0.2) is 4.39 Å². The number of hydrogen-bond donors (Lipinski definition) is 2. The quantitative estimate of drug-likeness (QED) is 0.868. The molecule has 2 rings (SSSR count). The van der Waals surface area contributed by atoms with Gasteiger partial charge in [0.1, 0.15) is 5.60 Å². The van der Waals surface area contributed by atoms with Gasteiger partial charge in [-0.05, 0) is 19.1 Å². The number of ether oxygens (including phenoxy) is 1. The first-order valence-corrected chi connectivity index (χ1v) is 5.37. The van der Waals surface area contributed by atoms with Gasteiger partial charge in [-0.3, -0.25) is 0 Å². The highest BCUT2D eigenvalue weighted by Gasteiger charge is 2.34. The predicted molar refractivity (Wildman–Crippen MR) is 57.7 cm³/mol. The Morgan fingerprint density at radius 1 is 1.53 bits per heavy atom. The Morgan fingerprint density at radius 3 is 2.73 bits per heavy atom. The number of rotatable bonds is 2. The maximum atomic E-state index is 13.2. The van der Waals surface area contributed by atoms with Crippen molar-refractivity contribution >= 4 is 15.9 Å². The maximum absolute atomic E-state index is 13.2. The Morgan fingerprint density at radius 2 is 2.20 bits per heavy atom. The number of phenols is 1. The van der Waals surface area contributed by atoms with E-state index in [2.05, 4.69) is 21.2 Å². The first-order chi connectivity index (χ1) is 7.00. The average Bonchev–Trinajstić information content (AvgIpc) is 2.11. The summed E-state index contributed by atoms with van der Waals surface area (Å²) in [4.78, 5) is 0. The van der Waals surface area contributed by atoms with Crippen molar-refractivity contribution in [2.75, 3.05) is 13.1 Å². The number of halogens is 2. The molecule has 1 heterocycles. The number of nitrogens with one attached hydrogen (secondary N) is 1. The van der Waals surface area contributed by atoms with E-state index in [1.807, 2.05) is 6.92 Å². The van der Waals surface area contributed by atoms with Crippen LogP contribution < -0.4 is 10.1 Å². The summed E-state index contributed by atoms with van der Waals surface area (Å²) in [5.41, 5.74) is -0.356. The third-order valence-corrected chi connectivity index (χ3v) is 2.81. The van der Waals surface area contributed by atoms with Crippen LogP contribution in [0, 0.1) is 5.82 Å². The third-order valence-electron chi connectivity index (χ3n) is 2.35. The molecular weight excluding hydrogens is 265 g/mol. The van der Waals surface area contributed by atoms with Gasteiger partial charge in [-0.1, -0.05) is 15.9 Å². The maximum Gasteiger partial charge on any atom is 0.194 e. The second-order valence-corrected chi connectivity index (χ2v) is 4.81. The summed E-state index contributed by atoms with van der Waals surface area (Å²) in [5, 5.41) is 12.5. The van der Waals surface area contributed by atoms with Gasteiger partial charge in [0.05, 0.1) is 0 Å². The van der Waals surface area contributed by atoms with Gasteiger partial charge in [-0.15, -0.1) is 0 Å². The molecule has 15 heavy (non-hydrogen) atoms. The van der Waals surface area contributed by atoms with E-state index in [1.54, 1.807) is 6.07 Å². The summed E-state index contributed by atoms with van der Waals surface area (Å²) in [6.07, 6.45) is 0. The molecule has 1 fully saturated rings. The summed E-state index contributed by atoms with van der Waals surface area (Å²) in [6.45, 7) is 3.29. The molecule has 0 amide bonds. The molecule has 0 radical (unpaired) electrons.